The van der Waals surface area contributed by atoms with Gasteiger partial charge in [0.2, 0.25) is 0 Å². The monoisotopic (exact) mass is 857 g/mol. The van der Waals surface area contributed by atoms with Gasteiger partial charge in [-0.3, -0.25) is 14.4 Å². The Labute approximate surface area is 378 Å². The van der Waals surface area contributed by atoms with E-state index in [0.717, 1.165) is 70.6 Å². The summed E-state index contributed by atoms with van der Waals surface area (Å²) in [4.78, 5) is 38.0. The molecule has 0 spiro atoms. The van der Waals surface area contributed by atoms with E-state index in [1.807, 2.05) is 0 Å². The van der Waals surface area contributed by atoms with Gasteiger partial charge in [0.1, 0.15) is 13.2 Å². The summed E-state index contributed by atoms with van der Waals surface area (Å²) in [5, 5.41) is 0. The molecule has 0 aliphatic carbocycles. The van der Waals surface area contributed by atoms with Gasteiger partial charge in [-0.05, 0) is 70.6 Å². The number of rotatable bonds is 48. The van der Waals surface area contributed by atoms with Crippen molar-refractivity contribution in [2.45, 2.75) is 284 Å². The van der Waals surface area contributed by atoms with Crippen molar-refractivity contribution in [3.63, 3.8) is 0 Å². The van der Waals surface area contributed by atoms with Gasteiger partial charge in [0, 0.05) is 19.3 Å². The highest BCUT2D eigenvalue weighted by atomic mass is 16.6. The Morgan fingerprint density at radius 3 is 0.951 bits per heavy atom. The van der Waals surface area contributed by atoms with Crippen molar-refractivity contribution in [3.05, 3.63) is 36.5 Å². The van der Waals surface area contributed by atoms with Crippen LogP contribution in [0.1, 0.15) is 278 Å². The lowest BCUT2D eigenvalue weighted by Crippen LogP contribution is -2.30. The molecule has 0 aromatic rings. The first-order valence-electron chi connectivity index (χ1n) is 26.5. The fourth-order valence-electron chi connectivity index (χ4n) is 7.60. The molecule has 6 nitrogen and oxygen atoms in total. The number of hydrogen-bond donors (Lipinski definition) is 0. The number of ether oxygens (including phenoxy) is 3. The Bertz CT molecular complexity index is 1030. The topological polar surface area (TPSA) is 78.9 Å². The van der Waals surface area contributed by atoms with Crippen molar-refractivity contribution in [3.8, 4) is 0 Å². The molecule has 6 heteroatoms. The van der Waals surface area contributed by atoms with Crippen LogP contribution in [0.2, 0.25) is 0 Å². The zero-order valence-corrected chi connectivity index (χ0v) is 40.7. The SMILES string of the molecule is CCCCC/C=C\C=C/CCCCCCCCC(=O)OC(COC(=O)CCCCCCC/C=C\CCCCCCCCC)COC(=O)CCCCCCCCCCCCCC. The minimum absolute atomic E-state index is 0.0767. The second kappa shape index (κ2) is 50.3. The predicted octanol–water partition coefficient (Wildman–Crippen LogP) is 17.3. The van der Waals surface area contributed by atoms with Gasteiger partial charge in [-0.2, -0.15) is 0 Å². The van der Waals surface area contributed by atoms with Gasteiger partial charge in [0.15, 0.2) is 6.10 Å². The third-order valence-electron chi connectivity index (χ3n) is 11.6. The second-order valence-corrected chi connectivity index (χ2v) is 17.8. The Balaban J connectivity index is 4.38. The van der Waals surface area contributed by atoms with E-state index in [2.05, 4.69) is 57.2 Å². The molecule has 1 atom stereocenters. The predicted molar refractivity (Wildman–Crippen MR) is 261 cm³/mol. The molecule has 0 N–H and O–H groups in total. The third-order valence-corrected chi connectivity index (χ3v) is 11.6. The largest absolute Gasteiger partial charge is 0.462 e. The lowest BCUT2D eigenvalue weighted by atomic mass is 10.0. The summed E-state index contributed by atoms with van der Waals surface area (Å²) in [6.45, 7) is 6.61. The smallest absolute Gasteiger partial charge is 0.306 e. The van der Waals surface area contributed by atoms with Crippen LogP contribution >= 0.6 is 0 Å². The van der Waals surface area contributed by atoms with Crippen molar-refractivity contribution in [1.29, 1.82) is 0 Å². The second-order valence-electron chi connectivity index (χ2n) is 17.8. The summed E-state index contributed by atoms with van der Waals surface area (Å²) in [5.74, 6) is -0.886. The summed E-state index contributed by atoms with van der Waals surface area (Å²) >= 11 is 0. The molecule has 356 valence electrons. The summed E-state index contributed by atoms with van der Waals surface area (Å²) in [7, 11) is 0. The first-order valence-corrected chi connectivity index (χ1v) is 26.5. The van der Waals surface area contributed by atoms with E-state index < -0.39 is 6.10 Å². The van der Waals surface area contributed by atoms with Crippen molar-refractivity contribution < 1.29 is 28.6 Å². The number of hydrogen-bond acceptors (Lipinski definition) is 6. The van der Waals surface area contributed by atoms with Crippen molar-refractivity contribution in [2.75, 3.05) is 13.2 Å². The normalized spacial score (nSPS) is 12.2. The van der Waals surface area contributed by atoms with Crippen LogP contribution in [0.25, 0.3) is 0 Å². The summed E-state index contributed by atoms with van der Waals surface area (Å²) in [5.41, 5.74) is 0. The van der Waals surface area contributed by atoms with Gasteiger partial charge >= 0.3 is 17.9 Å². The molecule has 0 aromatic heterocycles. The Morgan fingerprint density at radius 1 is 0.328 bits per heavy atom. The number of carbonyl (C=O) groups is 3. The zero-order valence-electron chi connectivity index (χ0n) is 40.7. The van der Waals surface area contributed by atoms with Crippen LogP contribution in [0.3, 0.4) is 0 Å². The van der Waals surface area contributed by atoms with Gasteiger partial charge in [0.05, 0.1) is 0 Å². The van der Waals surface area contributed by atoms with Gasteiger partial charge < -0.3 is 14.2 Å². The Kier molecular flexibility index (Phi) is 48.3. The highest BCUT2D eigenvalue weighted by Gasteiger charge is 2.19. The molecule has 1 unspecified atom stereocenters. The minimum atomic E-state index is -0.777. The fourth-order valence-corrected chi connectivity index (χ4v) is 7.60. The lowest BCUT2D eigenvalue weighted by molar-refractivity contribution is -0.167. The maximum Gasteiger partial charge on any atom is 0.306 e. The van der Waals surface area contributed by atoms with Crippen molar-refractivity contribution in [2.24, 2.45) is 0 Å². The van der Waals surface area contributed by atoms with Crippen LogP contribution in [-0.4, -0.2) is 37.2 Å². The van der Waals surface area contributed by atoms with E-state index in [-0.39, 0.29) is 31.1 Å². The number of esters is 3. The van der Waals surface area contributed by atoms with E-state index in [4.69, 9.17) is 14.2 Å². The molecule has 0 fully saturated rings. The van der Waals surface area contributed by atoms with Gasteiger partial charge in [0.25, 0.3) is 0 Å². The van der Waals surface area contributed by atoms with E-state index in [9.17, 15) is 14.4 Å². The van der Waals surface area contributed by atoms with Crippen LogP contribution in [0, 0.1) is 0 Å². The molecule has 0 saturated heterocycles. The van der Waals surface area contributed by atoms with E-state index in [1.54, 1.807) is 0 Å². The maximum absolute atomic E-state index is 12.8. The molecule has 0 amide bonds. The third kappa shape index (κ3) is 48.5. The first kappa shape index (κ1) is 58.6. The van der Waals surface area contributed by atoms with Crippen LogP contribution in [-0.2, 0) is 28.6 Å². The highest BCUT2D eigenvalue weighted by Crippen LogP contribution is 2.15. The van der Waals surface area contributed by atoms with Crippen LogP contribution in [0.4, 0.5) is 0 Å². The fraction of sp³-hybridized carbons (Fsp3) is 0.836. The molecule has 0 aromatic carbocycles. The molecular formula is C55H100O6. The summed E-state index contributed by atoms with van der Waals surface area (Å²) < 4.78 is 16.8. The molecule has 0 heterocycles. The van der Waals surface area contributed by atoms with E-state index >= 15 is 0 Å². The average molecular weight is 857 g/mol. The standard InChI is InChI=1S/C55H100O6/c1-4-7-10-13-16-19-22-25-27-29-30-33-36-39-42-45-48-54(57)60-51-52(50-59-53(56)47-44-41-38-35-32-24-21-18-15-12-9-6-3)61-55(58)49-46-43-40-37-34-31-28-26-23-20-17-14-11-8-5-2/h17,20,23,26-27,29,52H,4-16,18-19,21-22,24-25,28,30-51H2,1-3H3/b20-17-,26-23-,29-27-. The number of carbonyl (C=O) groups excluding carboxylic acids is 3. The average Bonchev–Trinajstić information content (AvgIpc) is 3.26. The van der Waals surface area contributed by atoms with Crippen LogP contribution in [0.15, 0.2) is 36.5 Å². The maximum atomic E-state index is 12.8. The molecule has 61 heavy (non-hydrogen) atoms. The van der Waals surface area contributed by atoms with Gasteiger partial charge in [-0.1, -0.05) is 224 Å². The zero-order chi connectivity index (χ0) is 44.4. The van der Waals surface area contributed by atoms with Gasteiger partial charge in [-0.25, -0.2) is 0 Å². The summed E-state index contributed by atoms with van der Waals surface area (Å²) in [6, 6.07) is 0. The van der Waals surface area contributed by atoms with E-state index in [0.29, 0.717) is 19.3 Å². The molecule has 0 aliphatic heterocycles. The van der Waals surface area contributed by atoms with Crippen LogP contribution < -0.4 is 0 Å². The first-order chi connectivity index (χ1) is 30.0. The van der Waals surface area contributed by atoms with E-state index in [1.165, 1.54) is 167 Å². The molecule has 0 radical (unpaired) electrons. The highest BCUT2D eigenvalue weighted by molar-refractivity contribution is 5.71. The van der Waals surface area contributed by atoms with Crippen LogP contribution in [0.5, 0.6) is 0 Å². The molecule has 0 aliphatic rings. The van der Waals surface area contributed by atoms with Gasteiger partial charge in [-0.15, -0.1) is 0 Å². The van der Waals surface area contributed by atoms with Crippen molar-refractivity contribution >= 4 is 17.9 Å². The lowest BCUT2D eigenvalue weighted by Gasteiger charge is -2.18. The summed E-state index contributed by atoms with van der Waals surface area (Å²) in [6.07, 6.45) is 58.3. The molecule has 0 bridgehead atoms. The number of allylic oxidation sites excluding steroid dienone is 6. The molecular weight excluding hydrogens is 757 g/mol. The quantitative estimate of drug-likeness (QED) is 0.0199. The Morgan fingerprint density at radius 2 is 0.590 bits per heavy atom. The molecule has 0 rings (SSSR count). The Hall–Kier alpha value is -2.37. The number of unbranched alkanes of at least 4 members (excludes halogenated alkanes) is 32. The minimum Gasteiger partial charge on any atom is -0.462 e. The molecule has 0 saturated carbocycles. The van der Waals surface area contributed by atoms with Crippen molar-refractivity contribution in [1.82, 2.24) is 0 Å².